The first-order valence-corrected chi connectivity index (χ1v) is 10.2. The number of alkyl halides is 5. The van der Waals surface area contributed by atoms with Gasteiger partial charge in [0.25, 0.3) is 6.43 Å². The minimum absolute atomic E-state index is 0.0318. The van der Waals surface area contributed by atoms with Gasteiger partial charge in [0, 0.05) is 6.20 Å². The van der Waals surface area contributed by atoms with Gasteiger partial charge in [-0.1, -0.05) is 0 Å². The fourth-order valence-electron chi connectivity index (χ4n) is 4.76. The molecule has 0 amide bonds. The highest BCUT2D eigenvalue weighted by molar-refractivity contribution is 5.71. The molecule has 2 aliphatic rings. The number of rotatable bonds is 5. The van der Waals surface area contributed by atoms with Crippen LogP contribution in [0, 0.1) is 11.8 Å². The Bertz CT molecular complexity index is 1120. The number of hydrogen-bond donors (Lipinski definition) is 2. The zero-order valence-corrected chi connectivity index (χ0v) is 16.6. The second-order valence-electron chi connectivity index (χ2n) is 8.06. The standard InChI is InChI=1S/C19H19F5N8/c20-14(21)7-27-15-8-26-13-6-29-32(17(13)31-15)10-3-9-5-28-16(11(9)4-10)12-1-2-25-18(30-12)19(22,23)24/h1-2,6,8-11,14,16,28H,3-5,7H2,(H,27,31)/t9-,10+,11+,16+/m1/s1. The Hall–Kier alpha value is -2.96. The van der Waals surface area contributed by atoms with Crippen LogP contribution in [0.5, 0.6) is 0 Å². The van der Waals surface area contributed by atoms with Crippen molar-refractivity contribution in [3.8, 4) is 0 Å². The Balaban J connectivity index is 1.37. The first kappa shape index (κ1) is 20.9. The molecule has 4 heterocycles. The van der Waals surface area contributed by atoms with Gasteiger partial charge in [-0.3, -0.25) is 0 Å². The highest BCUT2D eigenvalue weighted by Gasteiger charge is 2.46. The zero-order valence-electron chi connectivity index (χ0n) is 16.6. The Labute approximate surface area is 178 Å². The fourth-order valence-corrected chi connectivity index (χ4v) is 4.76. The van der Waals surface area contributed by atoms with E-state index in [-0.39, 0.29) is 29.7 Å². The summed E-state index contributed by atoms with van der Waals surface area (Å²) in [7, 11) is 0. The van der Waals surface area contributed by atoms with Gasteiger partial charge in [0.05, 0.1) is 36.7 Å². The maximum absolute atomic E-state index is 13.0. The number of fused-ring (bicyclic) bond motifs is 2. The van der Waals surface area contributed by atoms with E-state index in [1.807, 2.05) is 0 Å². The summed E-state index contributed by atoms with van der Waals surface area (Å²) in [5, 5.41) is 10.3. The molecule has 1 aliphatic heterocycles. The van der Waals surface area contributed by atoms with Crippen LogP contribution in [0.3, 0.4) is 0 Å². The Morgan fingerprint density at radius 3 is 2.78 bits per heavy atom. The van der Waals surface area contributed by atoms with Crippen molar-refractivity contribution in [1.29, 1.82) is 0 Å². The van der Waals surface area contributed by atoms with Gasteiger partial charge >= 0.3 is 6.18 Å². The van der Waals surface area contributed by atoms with Crippen LogP contribution in [-0.4, -0.2) is 49.2 Å². The van der Waals surface area contributed by atoms with Gasteiger partial charge in [-0.2, -0.15) is 18.3 Å². The van der Waals surface area contributed by atoms with Crippen LogP contribution in [0.1, 0.15) is 36.4 Å². The highest BCUT2D eigenvalue weighted by Crippen LogP contribution is 2.49. The minimum atomic E-state index is -4.60. The summed E-state index contributed by atoms with van der Waals surface area (Å²) in [6.45, 7) is 0.122. The molecule has 2 N–H and O–H groups in total. The smallest absolute Gasteiger partial charge is 0.363 e. The van der Waals surface area contributed by atoms with Gasteiger partial charge in [-0.05, 0) is 37.3 Å². The van der Waals surface area contributed by atoms with E-state index in [0.29, 0.717) is 29.8 Å². The summed E-state index contributed by atoms with van der Waals surface area (Å²) in [6.07, 6.45) is -1.60. The number of aromatic nitrogens is 6. The molecular weight excluding hydrogens is 435 g/mol. The highest BCUT2D eigenvalue weighted by atomic mass is 19.4. The maximum atomic E-state index is 13.0. The lowest BCUT2D eigenvalue weighted by atomic mass is 9.92. The van der Waals surface area contributed by atoms with Crippen molar-refractivity contribution in [3.05, 3.63) is 36.2 Å². The molecule has 1 saturated heterocycles. The summed E-state index contributed by atoms with van der Waals surface area (Å²) in [5.74, 6) is -0.602. The molecule has 13 heteroatoms. The lowest BCUT2D eigenvalue weighted by Gasteiger charge is -2.20. The number of halogens is 5. The van der Waals surface area contributed by atoms with Gasteiger partial charge in [0.1, 0.15) is 11.3 Å². The molecule has 1 saturated carbocycles. The molecule has 2 fully saturated rings. The van der Waals surface area contributed by atoms with E-state index in [0.717, 1.165) is 12.6 Å². The molecule has 32 heavy (non-hydrogen) atoms. The predicted octanol–water partition coefficient (Wildman–Crippen LogP) is 3.22. The number of nitrogens with zero attached hydrogens (tertiary/aromatic N) is 6. The Kier molecular flexibility index (Phi) is 5.14. The molecule has 0 aromatic carbocycles. The van der Waals surface area contributed by atoms with E-state index < -0.39 is 25.0 Å². The fraction of sp³-hybridized carbons (Fsp3) is 0.526. The van der Waals surface area contributed by atoms with E-state index in [1.54, 1.807) is 10.9 Å². The van der Waals surface area contributed by atoms with Crippen molar-refractivity contribution < 1.29 is 22.0 Å². The maximum Gasteiger partial charge on any atom is 0.451 e. The third-order valence-corrected chi connectivity index (χ3v) is 6.09. The molecule has 3 aromatic rings. The van der Waals surface area contributed by atoms with E-state index in [1.165, 1.54) is 12.3 Å². The van der Waals surface area contributed by atoms with Crippen LogP contribution in [0.4, 0.5) is 27.8 Å². The Morgan fingerprint density at radius 2 is 2.00 bits per heavy atom. The van der Waals surface area contributed by atoms with Gasteiger partial charge in [-0.15, -0.1) is 0 Å². The van der Waals surface area contributed by atoms with Crippen molar-refractivity contribution >= 4 is 17.0 Å². The molecular formula is C19H19F5N8. The largest absolute Gasteiger partial charge is 0.451 e. The SMILES string of the molecule is FC(F)CNc1cnc2cnn([C@H]3C[C@@H]4CN[C@H](c5ccnc(C(F)(F)F)n5)[C@H]4C3)c2n1. The summed E-state index contributed by atoms with van der Waals surface area (Å²) in [5.41, 5.74) is 1.36. The van der Waals surface area contributed by atoms with Crippen LogP contribution in [0.2, 0.25) is 0 Å². The van der Waals surface area contributed by atoms with Crippen molar-refractivity contribution in [1.82, 2.24) is 35.0 Å². The van der Waals surface area contributed by atoms with Gasteiger partial charge in [0.2, 0.25) is 5.82 Å². The van der Waals surface area contributed by atoms with Crippen LogP contribution in [0.15, 0.2) is 24.7 Å². The van der Waals surface area contributed by atoms with E-state index in [4.69, 9.17) is 0 Å². The van der Waals surface area contributed by atoms with Crippen LogP contribution >= 0.6 is 0 Å². The first-order chi connectivity index (χ1) is 15.3. The van der Waals surface area contributed by atoms with Gasteiger partial charge in [0.15, 0.2) is 5.65 Å². The van der Waals surface area contributed by atoms with Crippen molar-refractivity contribution in [2.45, 2.75) is 37.5 Å². The molecule has 4 atom stereocenters. The summed E-state index contributed by atoms with van der Waals surface area (Å²) >= 11 is 0. The quantitative estimate of drug-likeness (QED) is 0.572. The molecule has 8 nitrogen and oxygen atoms in total. The average Bonchev–Trinajstić information content (AvgIpc) is 3.45. The molecule has 3 aromatic heterocycles. The molecule has 0 bridgehead atoms. The minimum Gasteiger partial charge on any atom is -0.363 e. The molecule has 1 aliphatic carbocycles. The lowest BCUT2D eigenvalue weighted by molar-refractivity contribution is -0.145. The van der Waals surface area contributed by atoms with Gasteiger partial charge < -0.3 is 10.6 Å². The van der Waals surface area contributed by atoms with E-state index >= 15 is 0 Å². The van der Waals surface area contributed by atoms with Crippen LogP contribution in [-0.2, 0) is 6.18 Å². The molecule has 170 valence electrons. The second kappa shape index (κ2) is 7.87. The van der Waals surface area contributed by atoms with E-state index in [9.17, 15) is 22.0 Å². The molecule has 5 rings (SSSR count). The predicted molar refractivity (Wildman–Crippen MR) is 103 cm³/mol. The van der Waals surface area contributed by atoms with Crippen molar-refractivity contribution in [2.24, 2.45) is 11.8 Å². The first-order valence-electron chi connectivity index (χ1n) is 10.2. The van der Waals surface area contributed by atoms with Crippen LogP contribution < -0.4 is 10.6 Å². The van der Waals surface area contributed by atoms with Gasteiger partial charge in [-0.25, -0.2) is 33.4 Å². The van der Waals surface area contributed by atoms with E-state index in [2.05, 4.69) is 35.7 Å². The molecule has 0 unspecified atom stereocenters. The average molecular weight is 454 g/mol. The number of nitrogens with one attached hydrogen (secondary N) is 2. The zero-order chi connectivity index (χ0) is 22.5. The Morgan fingerprint density at radius 1 is 1.16 bits per heavy atom. The molecule has 0 spiro atoms. The number of hydrogen-bond acceptors (Lipinski definition) is 7. The topological polar surface area (TPSA) is 93.4 Å². The molecule has 0 radical (unpaired) electrons. The lowest BCUT2D eigenvalue weighted by Crippen LogP contribution is -2.23. The third-order valence-electron chi connectivity index (χ3n) is 6.09. The number of anilines is 1. The summed E-state index contributed by atoms with van der Waals surface area (Å²) in [6, 6.07) is 1.17. The van der Waals surface area contributed by atoms with Crippen LogP contribution in [0.25, 0.3) is 11.2 Å². The second-order valence-corrected chi connectivity index (χ2v) is 8.06. The summed E-state index contributed by atoms with van der Waals surface area (Å²) in [4.78, 5) is 15.7. The third kappa shape index (κ3) is 3.85. The normalized spacial score (nSPS) is 25.6. The van der Waals surface area contributed by atoms with Crippen molar-refractivity contribution in [3.63, 3.8) is 0 Å². The van der Waals surface area contributed by atoms with Crippen molar-refractivity contribution in [2.75, 3.05) is 18.4 Å². The monoisotopic (exact) mass is 454 g/mol. The summed E-state index contributed by atoms with van der Waals surface area (Å²) < 4.78 is 65.8.